The van der Waals surface area contributed by atoms with Gasteiger partial charge in [0.2, 0.25) is 5.78 Å². The largest absolute Gasteiger partial charge is 0.497 e. The van der Waals surface area contributed by atoms with Crippen molar-refractivity contribution in [3.8, 4) is 22.8 Å². The van der Waals surface area contributed by atoms with Gasteiger partial charge < -0.3 is 30.0 Å². The van der Waals surface area contributed by atoms with E-state index in [0.29, 0.717) is 11.3 Å². The number of Topliss-reactive ketones (excluding diaryl/α,β-unsaturated/α-hetero) is 1. The molecule has 0 atom stereocenters. The number of allylic oxidation sites excluding steroid dienone is 1. The van der Waals surface area contributed by atoms with Gasteiger partial charge in [-0.2, -0.15) is 5.10 Å². The third-order valence-electron chi connectivity index (χ3n) is 7.30. The highest BCUT2D eigenvalue weighted by molar-refractivity contribution is 6.16. The first-order chi connectivity index (χ1) is 19.1. The number of methoxy groups -OCH3 is 1. The number of benzene rings is 2. The number of nitrogens with one attached hydrogen (secondary N) is 1. The number of aryl methyl sites for hydroxylation is 2. The van der Waals surface area contributed by atoms with Crippen LogP contribution in [-0.4, -0.2) is 58.8 Å². The first-order valence-corrected chi connectivity index (χ1v) is 13.0. The Bertz CT molecular complexity index is 1680. The van der Waals surface area contributed by atoms with E-state index < -0.39 is 6.03 Å². The molecule has 10 heteroatoms. The zero-order valence-electron chi connectivity index (χ0n) is 23.7. The van der Waals surface area contributed by atoms with Crippen LogP contribution in [0.3, 0.4) is 0 Å². The van der Waals surface area contributed by atoms with Crippen LogP contribution in [0.5, 0.6) is 11.5 Å². The Morgan fingerprint density at radius 2 is 1.98 bits per heavy atom. The van der Waals surface area contributed by atoms with Crippen LogP contribution in [0.15, 0.2) is 42.2 Å². The molecule has 2 amide bonds. The Labute approximate surface area is 233 Å². The van der Waals surface area contributed by atoms with Crippen molar-refractivity contribution in [3.05, 3.63) is 70.2 Å². The Balaban J connectivity index is 1.72. The van der Waals surface area contributed by atoms with Crippen LogP contribution in [0, 0.1) is 13.8 Å². The Hall–Kier alpha value is -4.57. The fourth-order valence-electron chi connectivity index (χ4n) is 5.22. The van der Waals surface area contributed by atoms with Crippen LogP contribution in [0.1, 0.15) is 32.9 Å². The molecule has 0 bridgehead atoms. The molecule has 10 nitrogen and oxygen atoms in total. The number of nitrogens with two attached hydrogens (primary N) is 1. The van der Waals surface area contributed by atoms with Crippen molar-refractivity contribution in [2.75, 3.05) is 27.7 Å². The zero-order chi connectivity index (χ0) is 28.7. The molecule has 4 aromatic rings. The molecule has 0 spiro atoms. The van der Waals surface area contributed by atoms with E-state index in [4.69, 9.17) is 20.3 Å². The van der Waals surface area contributed by atoms with Gasteiger partial charge in [-0.15, -0.1) is 0 Å². The molecular formula is C30H34N6O4. The van der Waals surface area contributed by atoms with Gasteiger partial charge in [0.1, 0.15) is 11.5 Å². The molecule has 0 unspecified atom stereocenters. The van der Waals surface area contributed by atoms with Gasteiger partial charge in [0.15, 0.2) is 5.76 Å². The van der Waals surface area contributed by atoms with Gasteiger partial charge in [-0.1, -0.05) is 6.07 Å². The number of ether oxygens (including phenoxy) is 2. The summed E-state index contributed by atoms with van der Waals surface area (Å²) in [5.74, 6) is 1.20. The third kappa shape index (κ3) is 4.82. The number of amides is 2. The fraction of sp³-hybridized carbons (Fsp3) is 0.300. The Kier molecular flexibility index (Phi) is 7.12. The first kappa shape index (κ1) is 27.0. The van der Waals surface area contributed by atoms with Crippen LogP contribution < -0.4 is 20.5 Å². The van der Waals surface area contributed by atoms with Gasteiger partial charge in [0, 0.05) is 54.4 Å². The molecule has 2 aromatic carbocycles. The topological polar surface area (TPSA) is 117 Å². The SMILES string of the molecule is COc1ccc2c(c1)c(C=C1Oc3ccc(CNC(N)=O)cc3C1=O)c(-c1c(C)nn(C)c1C)n2CCN(C)C. The van der Waals surface area contributed by atoms with E-state index in [1.54, 1.807) is 25.3 Å². The highest BCUT2D eigenvalue weighted by Gasteiger charge is 2.30. The first-order valence-electron chi connectivity index (χ1n) is 13.0. The molecule has 0 aliphatic carbocycles. The van der Waals surface area contributed by atoms with E-state index >= 15 is 0 Å². The van der Waals surface area contributed by atoms with Crippen LogP contribution >= 0.6 is 0 Å². The van der Waals surface area contributed by atoms with Crippen molar-refractivity contribution in [1.82, 2.24) is 24.6 Å². The van der Waals surface area contributed by atoms with Gasteiger partial charge in [0.25, 0.3) is 0 Å². The smallest absolute Gasteiger partial charge is 0.312 e. The lowest BCUT2D eigenvalue weighted by Crippen LogP contribution is -2.28. The number of carbonyl (C=O) groups excluding carboxylic acids is 2. The molecule has 208 valence electrons. The van der Waals surface area contributed by atoms with Crippen molar-refractivity contribution < 1.29 is 19.1 Å². The van der Waals surface area contributed by atoms with Crippen molar-refractivity contribution >= 4 is 28.8 Å². The molecule has 0 radical (unpaired) electrons. The van der Waals surface area contributed by atoms with E-state index in [1.165, 1.54) is 0 Å². The molecule has 1 aliphatic rings. The summed E-state index contributed by atoms with van der Waals surface area (Å²) in [6.45, 7) is 5.82. The summed E-state index contributed by atoms with van der Waals surface area (Å²) in [6.07, 6.45) is 1.83. The van der Waals surface area contributed by atoms with E-state index in [9.17, 15) is 9.59 Å². The molecule has 0 fully saturated rings. The number of aromatic nitrogens is 3. The van der Waals surface area contributed by atoms with Crippen LogP contribution in [-0.2, 0) is 20.1 Å². The normalized spacial score (nSPS) is 13.8. The quantitative estimate of drug-likeness (QED) is 0.325. The number of ketones is 1. The number of hydrogen-bond donors (Lipinski definition) is 2. The lowest BCUT2D eigenvalue weighted by atomic mass is 10.0. The molecule has 1 aliphatic heterocycles. The van der Waals surface area contributed by atoms with Gasteiger partial charge in [-0.3, -0.25) is 9.48 Å². The molecular weight excluding hydrogens is 508 g/mol. The third-order valence-corrected chi connectivity index (χ3v) is 7.30. The Morgan fingerprint density at radius 3 is 2.62 bits per heavy atom. The van der Waals surface area contributed by atoms with Crippen molar-refractivity contribution in [2.24, 2.45) is 12.8 Å². The van der Waals surface area contributed by atoms with Crippen LogP contribution in [0.25, 0.3) is 28.2 Å². The van der Waals surface area contributed by atoms with E-state index in [0.717, 1.165) is 63.5 Å². The summed E-state index contributed by atoms with van der Waals surface area (Å²) in [4.78, 5) is 26.9. The number of urea groups is 1. The second kappa shape index (κ2) is 10.5. The number of likely N-dealkylation sites (N-methyl/N-ethyl adjacent to an activating group) is 1. The lowest BCUT2D eigenvalue weighted by molar-refractivity contribution is 0.101. The molecule has 2 aromatic heterocycles. The van der Waals surface area contributed by atoms with Gasteiger partial charge in [-0.05, 0) is 69.9 Å². The van der Waals surface area contributed by atoms with E-state index in [-0.39, 0.29) is 18.1 Å². The van der Waals surface area contributed by atoms with Crippen LogP contribution in [0.4, 0.5) is 4.79 Å². The van der Waals surface area contributed by atoms with Gasteiger partial charge in [0.05, 0.1) is 24.1 Å². The highest BCUT2D eigenvalue weighted by Crippen LogP contribution is 2.41. The molecule has 3 N–H and O–H groups in total. The molecule has 3 heterocycles. The maximum Gasteiger partial charge on any atom is 0.312 e. The number of carbonyl (C=O) groups is 2. The van der Waals surface area contributed by atoms with Gasteiger partial charge >= 0.3 is 6.03 Å². The minimum Gasteiger partial charge on any atom is -0.497 e. The summed E-state index contributed by atoms with van der Waals surface area (Å²) in [6, 6.07) is 10.7. The van der Waals surface area contributed by atoms with E-state index in [1.807, 2.05) is 51.0 Å². The molecule has 40 heavy (non-hydrogen) atoms. The fourth-order valence-corrected chi connectivity index (χ4v) is 5.22. The predicted molar refractivity (Wildman–Crippen MR) is 155 cm³/mol. The summed E-state index contributed by atoms with van der Waals surface area (Å²) in [5.41, 5.74) is 12.2. The predicted octanol–water partition coefficient (Wildman–Crippen LogP) is 4.01. The van der Waals surface area contributed by atoms with Gasteiger partial charge in [-0.25, -0.2) is 4.79 Å². The average molecular weight is 543 g/mol. The highest BCUT2D eigenvalue weighted by atomic mass is 16.5. The number of primary amides is 1. The van der Waals surface area contributed by atoms with Crippen molar-refractivity contribution in [2.45, 2.75) is 26.9 Å². The number of hydrogen-bond acceptors (Lipinski definition) is 6. The maximum absolute atomic E-state index is 13.6. The lowest BCUT2D eigenvalue weighted by Gasteiger charge is -2.16. The van der Waals surface area contributed by atoms with Crippen molar-refractivity contribution in [3.63, 3.8) is 0 Å². The molecule has 5 rings (SSSR count). The van der Waals surface area contributed by atoms with Crippen molar-refractivity contribution in [1.29, 1.82) is 0 Å². The maximum atomic E-state index is 13.6. The average Bonchev–Trinajstić information content (AvgIpc) is 3.48. The van der Waals surface area contributed by atoms with E-state index in [2.05, 4.69) is 27.8 Å². The summed E-state index contributed by atoms with van der Waals surface area (Å²) >= 11 is 0. The second-order valence-electron chi connectivity index (χ2n) is 10.3. The number of nitrogens with zero attached hydrogens (tertiary/aromatic N) is 4. The molecule has 0 saturated heterocycles. The summed E-state index contributed by atoms with van der Waals surface area (Å²) < 4.78 is 15.9. The number of fused-ring (bicyclic) bond motifs is 2. The second-order valence-corrected chi connectivity index (χ2v) is 10.3. The number of rotatable bonds is 8. The summed E-state index contributed by atoms with van der Waals surface area (Å²) in [5, 5.41) is 8.20. The monoisotopic (exact) mass is 542 g/mol. The Morgan fingerprint density at radius 1 is 1.20 bits per heavy atom. The van der Waals surface area contributed by atoms with Crippen LogP contribution in [0.2, 0.25) is 0 Å². The minimum atomic E-state index is -0.627. The summed E-state index contributed by atoms with van der Waals surface area (Å²) in [7, 11) is 7.68. The minimum absolute atomic E-state index is 0.220. The standard InChI is InChI=1S/C30H34N6O4/c1-17-27(18(2)35(5)33-17)28-22(21-14-20(39-6)8-9-24(21)36(28)12-11-34(3)4)15-26-29(37)23-13-19(16-32-30(31)38)7-10-25(23)40-26/h7-10,13-15H,11-12,16H2,1-6H3,(H3,31,32,38). The zero-order valence-corrected chi connectivity index (χ0v) is 23.7. The molecule has 0 saturated carbocycles.